The van der Waals surface area contributed by atoms with Crippen LogP contribution in [0.5, 0.6) is 0 Å². The summed E-state index contributed by atoms with van der Waals surface area (Å²) in [5.41, 5.74) is 9.07. The summed E-state index contributed by atoms with van der Waals surface area (Å²) in [4.78, 5) is 0. The van der Waals surface area contributed by atoms with Gasteiger partial charge in [-0.2, -0.15) is 0 Å². The molecule has 0 radical (unpaired) electrons. The Morgan fingerprint density at radius 2 is 1.79 bits per heavy atom. The SMILES string of the molecule is Cc1cc(F)ccc1CC1(CN)CCC(C)(C)CC1. The summed E-state index contributed by atoms with van der Waals surface area (Å²) in [6, 6.07) is 5.13. The molecule has 1 aromatic carbocycles. The summed E-state index contributed by atoms with van der Waals surface area (Å²) in [5.74, 6) is -0.146. The van der Waals surface area contributed by atoms with Crippen LogP contribution in [0.1, 0.15) is 50.7 Å². The maximum Gasteiger partial charge on any atom is 0.123 e. The molecule has 1 aliphatic carbocycles. The van der Waals surface area contributed by atoms with Crippen molar-refractivity contribution < 1.29 is 4.39 Å². The lowest BCUT2D eigenvalue weighted by Gasteiger charge is -2.43. The smallest absolute Gasteiger partial charge is 0.123 e. The number of benzene rings is 1. The molecule has 2 N–H and O–H groups in total. The Morgan fingerprint density at radius 1 is 1.16 bits per heavy atom. The summed E-state index contributed by atoms with van der Waals surface area (Å²) in [6.07, 6.45) is 5.85. The van der Waals surface area contributed by atoms with Gasteiger partial charge in [0.25, 0.3) is 0 Å². The van der Waals surface area contributed by atoms with E-state index in [0.29, 0.717) is 5.41 Å². The van der Waals surface area contributed by atoms with Crippen molar-refractivity contribution in [2.75, 3.05) is 6.54 Å². The molecule has 0 heterocycles. The second kappa shape index (κ2) is 5.24. The second-order valence-corrected chi connectivity index (χ2v) is 7.12. The van der Waals surface area contributed by atoms with Crippen molar-refractivity contribution in [3.63, 3.8) is 0 Å². The first kappa shape index (κ1) is 14.5. The average molecular weight is 263 g/mol. The molecule has 1 aromatic rings. The van der Waals surface area contributed by atoms with Crippen molar-refractivity contribution in [1.82, 2.24) is 0 Å². The second-order valence-electron chi connectivity index (χ2n) is 7.12. The molecule has 0 unspecified atom stereocenters. The van der Waals surface area contributed by atoms with E-state index in [9.17, 15) is 4.39 Å². The molecule has 1 nitrogen and oxygen atoms in total. The minimum absolute atomic E-state index is 0.146. The molecule has 0 bridgehead atoms. The van der Waals surface area contributed by atoms with E-state index in [2.05, 4.69) is 13.8 Å². The first-order valence-electron chi connectivity index (χ1n) is 7.31. The summed E-state index contributed by atoms with van der Waals surface area (Å²) in [5, 5.41) is 0. The minimum Gasteiger partial charge on any atom is -0.330 e. The van der Waals surface area contributed by atoms with Gasteiger partial charge in [-0.25, -0.2) is 4.39 Å². The van der Waals surface area contributed by atoms with Gasteiger partial charge in [0.2, 0.25) is 0 Å². The van der Waals surface area contributed by atoms with Crippen LogP contribution in [0.15, 0.2) is 18.2 Å². The third kappa shape index (κ3) is 3.36. The standard InChI is InChI=1S/C17H26FN/c1-13-10-15(18)5-4-14(13)11-17(12-19)8-6-16(2,3)7-9-17/h4-5,10H,6-9,11-12,19H2,1-3H3. The maximum atomic E-state index is 13.2. The quantitative estimate of drug-likeness (QED) is 0.868. The lowest BCUT2D eigenvalue weighted by Crippen LogP contribution is -2.39. The highest BCUT2D eigenvalue weighted by molar-refractivity contribution is 5.28. The molecule has 0 aliphatic heterocycles. The van der Waals surface area contributed by atoms with Gasteiger partial charge in [0.15, 0.2) is 0 Å². The Kier molecular flexibility index (Phi) is 4.00. The lowest BCUT2D eigenvalue weighted by molar-refractivity contribution is 0.108. The van der Waals surface area contributed by atoms with Gasteiger partial charge in [-0.05, 0) is 79.7 Å². The van der Waals surface area contributed by atoms with Crippen molar-refractivity contribution in [3.8, 4) is 0 Å². The molecular formula is C17H26FN. The van der Waals surface area contributed by atoms with Crippen molar-refractivity contribution in [2.24, 2.45) is 16.6 Å². The van der Waals surface area contributed by atoms with Gasteiger partial charge in [0, 0.05) is 0 Å². The number of nitrogens with two attached hydrogens (primary N) is 1. The molecule has 0 atom stereocenters. The molecule has 106 valence electrons. The minimum atomic E-state index is -0.146. The monoisotopic (exact) mass is 263 g/mol. The average Bonchev–Trinajstić information content (AvgIpc) is 2.36. The Balaban J connectivity index is 2.15. The third-order valence-electron chi connectivity index (χ3n) is 4.97. The van der Waals surface area contributed by atoms with E-state index >= 15 is 0 Å². The Morgan fingerprint density at radius 3 is 2.32 bits per heavy atom. The summed E-state index contributed by atoms with van der Waals surface area (Å²) in [6.45, 7) is 7.42. The zero-order valence-corrected chi connectivity index (χ0v) is 12.4. The molecule has 1 fully saturated rings. The van der Waals surface area contributed by atoms with Crippen LogP contribution in [0.2, 0.25) is 0 Å². The van der Waals surface area contributed by atoms with Gasteiger partial charge < -0.3 is 5.73 Å². The van der Waals surface area contributed by atoms with Crippen LogP contribution in [-0.2, 0) is 6.42 Å². The summed E-state index contributed by atoms with van der Waals surface area (Å²) >= 11 is 0. The number of aryl methyl sites for hydroxylation is 1. The first-order valence-corrected chi connectivity index (χ1v) is 7.31. The molecule has 2 heteroatoms. The van der Waals surface area contributed by atoms with Crippen molar-refractivity contribution in [1.29, 1.82) is 0 Å². The number of rotatable bonds is 3. The van der Waals surface area contributed by atoms with E-state index in [1.807, 2.05) is 13.0 Å². The van der Waals surface area contributed by atoms with Crippen LogP contribution in [0, 0.1) is 23.6 Å². The summed E-state index contributed by atoms with van der Waals surface area (Å²) < 4.78 is 13.2. The molecule has 0 aromatic heterocycles. The summed E-state index contributed by atoms with van der Waals surface area (Å²) in [7, 11) is 0. The zero-order chi connectivity index (χ0) is 14.1. The number of halogens is 1. The van der Waals surface area contributed by atoms with E-state index in [0.717, 1.165) is 18.5 Å². The van der Waals surface area contributed by atoms with Gasteiger partial charge in [0.1, 0.15) is 5.82 Å². The van der Waals surface area contributed by atoms with Crippen LogP contribution in [0.25, 0.3) is 0 Å². The molecule has 1 saturated carbocycles. The third-order valence-corrected chi connectivity index (χ3v) is 4.97. The highest BCUT2D eigenvalue weighted by atomic mass is 19.1. The Bertz CT molecular complexity index is 441. The van der Waals surface area contributed by atoms with E-state index < -0.39 is 0 Å². The van der Waals surface area contributed by atoms with Gasteiger partial charge in [0.05, 0.1) is 0 Å². The van der Waals surface area contributed by atoms with Gasteiger partial charge in [-0.3, -0.25) is 0 Å². The van der Waals surface area contributed by atoms with Crippen LogP contribution in [-0.4, -0.2) is 6.54 Å². The molecule has 0 spiro atoms. The van der Waals surface area contributed by atoms with Gasteiger partial charge in [-0.15, -0.1) is 0 Å². The molecular weight excluding hydrogens is 237 g/mol. The van der Waals surface area contributed by atoms with Crippen LogP contribution in [0.3, 0.4) is 0 Å². The predicted molar refractivity (Wildman–Crippen MR) is 78.6 cm³/mol. The normalized spacial score (nSPS) is 21.3. The fourth-order valence-corrected chi connectivity index (χ4v) is 3.17. The van der Waals surface area contributed by atoms with Crippen molar-refractivity contribution in [2.45, 2.75) is 52.9 Å². The first-order chi connectivity index (χ1) is 8.86. The van der Waals surface area contributed by atoms with E-state index in [1.54, 1.807) is 12.1 Å². The highest BCUT2D eigenvalue weighted by Gasteiger charge is 2.37. The van der Waals surface area contributed by atoms with Crippen molar-refractivity contribution >= 4 is 0 Å². The Hall–Kier alpha value is -0.890. The van der Waals surface area contributed by atoms with Crippen LogP contribution < -0.4 is 5.73 Å². The molecule has 2 rings (SSSR count). The van der Waals surface area contributed by atoms with Gasteiger partial charge in [-0.1, -0.05) is 19.9 Å². The predicted octanol–water partition coefficient (Wildman–Crippen LogP) is 4.22. The molecule has 19 heavy (non-hydrogen) atoms. The van der Waals surface area contributed by atoms with Crippen LogP contribution >= 0.6 is 0 Å². The Labute approximate surface area is 116 Å². The van der Waals surface area contributed by atoms with E-state index in [-0.39, 0.29) is 11.2 Å². The molecule has 0 amide bonds. The fourth-order valence-electron chi connectivity index (χ4n) is 3.17. The highest BCUT2D eigenvalue weighted by Crippen LogP contribution is 2.46. The van der Waals surface area contributed by atoms with E-state index in [1.165, 1.54) is 31.2 Å². The maximum absolute atomic E-state index is 13.2. The van der Waals surface area contributed by atoms with Crippen LogP contribution in [0.4, 0.5) is 4.39 Å². The van der Waals surface area contributed by atoms with Gasteiger partial charge >= 0.3 is 0 Å². The largest absolute Gasteiger partial charge is 0.330 e. The van der Waals surface area contributed by atoms with E-state index in [4.69, 9.17) is 5.73 Å². The number of hydrogen-bond donors (Lipinski definition) is 1. The molecule has 1 aliphatic rings. The topological polar surface area (TPSA) is 26.0 Å². The number of hydrogen-bond acceptors (Lipinski definition) is 1. The fraction of sp³-hybridized carbons (Fsp3) is 0.647. The zero-order valence-electron chi connectivity index (χ0n) is 12.4. The lowest BCUT2D eigenvalue weighted by atomic mass is 9.63. The van der Waals surface area contributed by atoms with Crippen molar-refractivity contribution in [3.05, 3.63) is 35.1 Å². The molecule has 0 saturated heterocycles.